The first-order valence-corrected chi connectivity index (χ1v) is 6.69. The first kappa shape index (κ1) is 14.4. The zero-order chi connectivity index (χ0) is 14.8. The molecule has 0 bridgehead atoms. The number of nitrogen functional groups attached to an aromatic ring is 1. The Kier molecular flexibility index (Phi) is 4.01. The lowest BCUT2D eigenvalue weighted by Gasteiger charge is -2.24. The van der Waals surface area contributed by atoms with Crippen molar-refractivity contribution in [2.75, 3.05) is 18.8 Å². The minimum Gasteiger partial charge on any atom is -0.472 e. The molecule has 0 radical (unpaired) electrons. The fourth-order valence-corrected chi connectivity index (χ4v) is 1.95. The summed E-state index contributed by atoms with van der Waals surface area (Å²) >= 11 is 0. The maximum atomic E-state index is 11.9. The lowest BCUT2D eigenvalue weighted by molar-refractivity contribution is 0.0275. The number of nitrogens with zero attached hydrogens (tertiary/aromatic N) is 2. The van der Waals surface area contributed by atoms with E-state index < -0.39 is 5.60 Å². The van der Waals surface area contributed by atoms with Gasteiger partial charge in [-0.25, -0.2) is 9.78 Å². The quantitative estimate of drug-likeness (QED) is 0.896. The first-order chi connectivity index (χ1) is 9.33. The van der Waals surface area contributed by atoms with Crippen LogP contribution in [-0.2, 0) is 4.74 Å². The summed E-state index contributed by atoms with van der Waals surface area (Å²) in [7, 11) is 0. The van der Waals surface area contributed by atoms with E-state index in [0.717, 1.165) is 6.42 Å². The molecule has 1 atom stereocenters. The molecule has 1 fully saturated rings. The SMILES string of the molecule is CC(C)(C)OC(=O)N1CCC(Oc2ccc(N)cn2)C1. The molecule has 0 spiro atoms. The van der Waals surface area contributed by atoms with Crippen molar-refractivity contribution < 1.29 is 14.3 Å². The summed E-state index contributed by atoms with van der Waals surface area (Å²) in [5.41, 5.74) is 5.69. The first-order valence-electron chi connectivity index (χ1n) is 6.69. The summed E-state index contributed by atoms with van der Waals surface area (Å²) < 4.78 is 11.1. The number of hydrogen-bond donors (Lipinski definition) is 1. The largest absolute Gasteiger partial charge is 0.472 e. The Balaban J connectivity index is 1.86. The second-order valence-electron chi connectivity index (χ2n) is 5.88. The molecule has 2 N–H and O–H groups in total. The average Bonchev–Trinajstić information content (AvgIpc) is 2.79. The van der Waals surface area contributed by atoms with Gasteiger partial charge in [-0.3, -0.25) is 0 Å². The lowest BCUT2D eigenvalue weighted by Crippen LogP contribution is -2.36. The highest BCUT2D eigenvalue weighted by Gasteiger charge is 2.30. The Morgan fingerprint density at radius 2 is 2.20 bits per heavy atom. The van der Waals surface area contributed by atoms with Crippen molar-refractivity contribution in [1.82, 2.24) is 9.88 Å². The minimum absolute atomic E-state index is 0.0568. The fraction of sp³-hybridized carbons (Fsp3) is 0.571. The molecule has 0 saturated carbocycles. The monoisotopic (exact) mass is 279 g/mol. The number of ether oxygens (including phenoxy) is 2. The smallest absolute Gasteiger partial charge is 0.410 e. The molecule has 20 heavy (non-hydrogen) atoms. The van der Waals surface area contributed by atoms with Crippen molar-refractivity contribution in [3.63, 3.8) is 0 Å². The molecule has 1 amide bonds. The molecule has 1 aliphatic rings. The molecule has 0 aromatic carbocycles. The number of pyridine rings is 1. The van der Waals surface area contributed by atoms with Crippen LogP contribution in [0.4, 0.5) is 10.5 Å². The number of nitrogens with two attached hydrogens (primary N) is 1. The summed E-state index contributed by atoms with van der Waals surface area (Å²) in [4.78, 5) is 17.7. The standard InChI is InChI=1S/C14H21N3O3/c1-14(2,3)20-13(18)17-7-6-11(9-17)19-12-5-4-10(15)8-16-12/h4-5,8,11H,6-7,9,15H2,1-3H3. The van der Waals surface area contributed by atoms with E-state index in [2.05, 4.69) is 4.98 Å². The molecular weight excluding hydrogens is 258 g/mol. The van der Waals surface area contributed by atoms with Crippen LogP contribution in [0, 0.1) is 0 Å². The lowest BCUT2D eigenvalue weighted by atomic mass is 10.2. The number of rotatable bonds is 2. The van der Waals surface area contributed by atoms with Gasteiger partial charge < -0.3 is 20.1 Å². The Labute approximate surface area is 118 Å². The Morgan fingerprint density at radius 3 is 2.80 bits per heavy atom. The average molecular weight is 279 g/mol. The van der Waals surface area contributed by atoms with Crippen LogP contribution in [-0.4, -0.2) is 40.8 Å². The van der Waals surface area contributed by atoms with Gasteiger partial charge in [-0.2, -0.15) is 0 Å². The third-order valence-electron chi connectivity index (χ3n) is 2.84. The number of amides is 1. The second kappa shape index (κ2) is 5.56. The van der Waals surface area contributed by atoms with E-state index in [9.17, 15) is 4.79 Å². The van der Waals surface area contributed by atoms with Gasteiger partial charge in [0.15, 0.2) is 0 Å². The molecule has 2 rings (SSSR count). The molecular formula is C14H21N3O3. The third kappa shape index (κ3) is 4.01. The zero-order valence-electron chi connectivity index (χ0n) is 12.1. The van der Waals surface area contributed by atoms with Crippen LogP contribution in [0.15, 0.2) is 18.3 Å². The zero-order valence-corrected chi connectivity index (χ0v) is 12.1. The van der Waals surface area contributed by atoms with Gasteiger partial charge in [0.05, 0.1) is 18.4 Å². The highest BCUT2D eigenvalue weighted by molar-refractivity contribution is 5.68. The molecule has 6 heteroatoms. The van der Waals surface area contributed by atoms with E-state index in [-0.39, 0.29) is 12.2 Å². The van der Waals surface area contributed by atoms with Gasteiger partial charge >= 0.3 is 6.09 Å². The van der Waals surface area contributed by atoms with E-state index >= 15 is 0 Å². The molecule has 1 unspecified atom stereocenters. The maximum Gasteiger partial charge on any atom is 0.410 e. The molecule has 1 aliphatic heterocycles. The Bertz CT molecular complexity index is 468. The summed E-state index contributed by atoms with van der Waals surface area (Å²) in [5, 5.41) is 0. The number of aromatic nitrogens is 1. The van der Waals surface area contributed by atoms with Gasteiger partial charge in [0.25, 0.3) is 0 Å². The molecule has 0 aliphatic carbocycles. The molecule has 2 heterocycles. The van der Waals surface area contributed by atoms with Crippen LogP contribution in [0.2, 0.25) is 0 Å². The fourth-order valence-electron chi connectivity index (χ4n) is 1.95. The summed E-state index contributed by atoms with van der Waals surface area (Å²) in [6.07, 6.45) is 1.97. The second-order valence-corrected chi connectivity index (χ2v) is 5.88. The van der Waals surface area contributed by atoms with Crippen LogP contribution in [0.5, 0.6) is 5.88 Å². The summed E-state index contributed by atoms with van der Waals surface area (Å²) in [6.45, 7) is 6.71. The Hall–Kier alpha value is -1.98. The van der Waals surface area contributed by atoms with E-state index in [1.807, 2.05) is 20.8 Å². The van der Waals surface area contributed by atoms with Crippen LogP contribution in [0.25, 0.3) is 0 Å². The minimum atomic E-state index is -0.478. The Morgan fingerprint density at radius 1 is 1.45 bits per heavy atom. The predicted molar refractivity (Wildman–Crippen MR) is 75.5 cm³/mol. The number of carbonyl (C=O) groups is 1. The number of anilines is 1. The van der Waals surface area contributed by atoms with Crippen molar-refractivity contribution in [2.45, 2.75) is 38.9 Å². The summed E-state index contributed by atoms with van der Waals surface area (Å²) in [5.74, 6) is 0.523. The van der Waals surface area contributed by atoms with Gasteiger partial charge in [0.1, 0.15) is 11.7 Å². The van der Waals surface area contributed by atoms with Crippen LogP contribution in [0.1, 0.15) is 27.2 Å². The highest BCUT2D eigenvalue weighted by atomic mass is 16.6. The molecule has 6 nitrogen and oxygen atoms in total. The highest BCUT2D eigenvalue weighted by Crippen LogP contribution is 2.19. The van der Waals surface area contributed by atoms with E-state index in [0.29, 0.717) is 24.7 Å². The van der Waals surface area contributed by atoms with Crippen molar-refractivity contribution in [3.05, 3.63) is 18.3 Å². The van der Waals surface area contributed by atoms with E-state index in [4.69, 9.17) is 15.2 Å². The van der Waals surface area contributed by atoms with Crippen molar-refractivity contribution in [3.8, 4) is 5.88 Å². The van der Waals surface area contributed by atoms with Crippen LogP contribution in [0.3, 0.4) is 0 Å². The number of carbonyl (C=O) groups excluding carboxylic acids is 1. The van der Waals surface area contributed by atoms with Gasteiger partial charge in [0, 0.05) is 19.0 Å². The number of hydrogen-bond acceptors (Lipinski definition) is 5. The van der Waals surface area contributed by atoms with Crippen LogP contribution >= 0.6 is 0 Å². The van der Waals surface area contributed by atoms with Gasteiger partial charge in [-0.1, -0.05) is 0 Å². The number of likely N-dealkylation sites (tertiary alicyclic amines) is 1. The van der Waals surface area contributed by atoms with Gasteiger partial charge in [-0.15, -0.1) is 0 Å². The predicted octanol–water partition coefficient (Wildman–Crippen LogP) is 2.05. The topological polar surface area (TPSA) is 77.7 Å². The molecule has 1 saturated heterocycles. The normalized spacial score (nSPS) is 18.9. The summed E-state index contributed by atoms with van der Waals surface area (Å²) in [6, 6.07) is 3.47. The maximum absolute atomic E-state index is 11.9. The molecule has 1 aromatic heterocycles. The van der Waals surface area contributed by atoms with Crippen molar-refractivity contribution in [2.24, 2.45) is 0 Å². The van der Waals surface area contributed by atoms with Crippen molar-refractivity contribution in [1.29, 1.82) is 0 Å². The van der Waals surface area contributed by atoms with Gasteiger partial charge in [-0.05, 0) is 26.8 Å². The van der Waals surface area contributed by atoms with E-state index in [1.54, 1.807) is 23.2 Å². The van der Waals surface area contributed by atoms with Crippen LogP contribution < -0.4 is 10.5 Å². The third-order valence-corrected chi connectivity index (χ3v) is 2.84. The van der Waals surface area contributed by atoms with E-state index in [1.165, 1.54) is 0 Å². The van der Waals surface area contributed by atoms with Crippen molar-refractivity contribution >= 4 is 11.8 Å². The van der Waals surface area contributed by atoms with Gasteiger partial charge in [0.2, 0.25) is 5.88 Å². The molecule has 110 valence electrons. The molecule has 1 aromatic rings.